The van der Waals surface area contributed by atoms with E-state index in [1.807, 2.05) is 0 Å². The summed E-state index contributed by atoms with van der Waals surface area (Å²) < 4.78 is 0. The van der Waals surface area contributed by atoms with Crippen LogP contribution in [0.3, 0.4) is 0 Å². The van der Waals surface area contributed by atoms with Gasteiger partial charge in [0.1, 0.15) is 0 Å². The summed E-state index contributed by atoms with van der Waals surface area (Å²) in [5.41, 5.74) is 1.55. The van der Waals surface area contributed by atoms with Crippen LogP contribution in [-0.2, 0) is 6.42 Å². The number of carboxylic acids is 1. The molecule has 1 aromatic heterocycles. The van der Waals surface area contributed by atoms with Gasteiger partial charge in [-0.1, -0.05) is 0 Å². The molecule has 0 atom stereocenters. The fraction of sp³-hybridized carbons (Fsp3) is 0.154. The second kappa shape index (κ2) is 5.81. The number of imidazole rings is 1. The normalized spacial score (nSPS) is 10.1. The zero-order valence-corrected chi connectivity index (χ0v) is 10.1. The third-order valence-corrected chi connectivity index (χ3v) is 2.63. The molecule has 0 unspecified atom stereocenters. The van der Waals surface area contributed by atoms with Crippen LogP contribution in [0.15, 0.2) is 36.8 Å². The summed E-state index contributed by atoms with van der Waals surface area (Å²) in [5.74, 6) is -1.23. The molecule has 6 nitrogen and oxygen atoms in total. The van der Waals surface area contributed by atoms with Crippen LogP contribution in [0, 0.1) is 0 Å². The van der Waals surface area contributed by atoms with Crippen molar-refractivity contribution < 1.29 is 14.7 Å². The van der Waals surface area contributed by atoms with Crippen molar-refractivity contribution in [2.75, 3.05) is 6.54 Å². The third kappa shape index (κ3) is 3.41. The Morgan fingerprint density at radius 3 is 2.47 bits per heavy atom. The molecule has 0 spiro atoms. The lowest BCUT2D eigenvalue weighted by atomic mass is 10.1. The van der Waals surface area contributed by atoms with Crippen molar-refractivity contribution in [2.24, 2.45) is 0 Å². The number of carbonyl (C=O) groups excluding carboxylic acids is 1. The van der Waals surface area contributed by atoms with E-state index in [2.05, 4.69) is 15.3 Å². The van der Waals surface area contributed by atoms with Gasteiger partial charge < -0.3 is 15.4 Å². The summed E-state index contributed by atoms with van der Waals surface area (Å²) in [6.07, 6.45) is 3.95. The monoisotopic (exact) mass is 259 g/mol. The Kier molecular flexibility index (Phi) is 3.92. The van der Waals surface area contributed by atoms with Gasteiger partial charge in [-0.25, -0.2) is 9.78 Å². The van der Waals surface area contributed by atoms with Crippen LogP contribution in [0.5, 0.6) is 0 Å². The van der Waals surface area contributed by atoms with E-state index in [-0.39, 0.29) is 11.5 Å². The lowest BCUT2D eigenvalue weighted by molar-refractivity contribution is 0.0696. The van der Waals surface area contributed by atoms with Crippen molar-refractivity contribution in [2.45, 2.75) is 6.42 Å². The van der Waals surface area contributed by atoms with E-state index in [4.69, 9.17) is 5.11 Å². The fourth-order valence-electron chi connectivity index (χ4n) is 1.60. The highest BCUT2D eigenvalue weighted by molar-refractivity contribution is 5.95. The van der Waals surface area contributed by atoms with Gasteiger partial charge in [0.25, 0.3) is 5.91 Å². The highest BCUT2D eigenvalue weighted by Crippen LogP contribution is 2.04. The molecule has 0 aliphatic carbocycles. The SMILES string of the molecule is O=C(O)c1ccc(C(=O)NCCc2cnc[nH]2)cc1. The lowest BCUT2D eigenvalue weighted by Gasteiger charge is -2.04. The molecular formula is C13H13N3O3. The first-order chi connectivity index (χ1) is 9.16. The molecule has 1 heterocycles. The standard InChI is InChI=1S/C13H13N3O3/c17-12(15-6-5-11-7-14-8-16-11)9-1-3-10(4-2-9)13(18)19/h1-4,7-8H,5-6H2,(H,14,16)(H,15,17)(H,18,19). The highest BCUT2D eigenvalue weighted by atomic mass is 16.4. The Labute approximate surface area is 109 Å². The van der Waals surface area contributed by atoms with Gasteiger partial charge in [0.15, 0.2) is 0 Å². The molecule has 0 aliphatic rings. The van der Waals surface area contributed by atoms with E-state index in [1.54, 1.807) is 12.5 Å². The zero-order chi connectivity index (χ0) is 13.7. The Bertz CT molecular complexity index is 561. The number of benzene rings is 1. The number of hydrogen-bond acceptors (Lipinski definition) is 3. The number of H-pyrrole nitrogens is 1. The summed E-state index contributed by atoms with van der Waals surface area (Å²) in [4.78, 5) is 29.3. The van der Waals surface area contributed by atoms with Gasteiger partial charge in [-0.15, -0.1) is 0 Å². The van der Waals surface area contributed by atoms with Gasteiger partial charge in [-0.2, -0.15) is 0 Å². The van der Waals surface area contributed by atoms with Gasteiger partial charge in [-0.05, 0) is 24.3 Å². The molecule has 0 saturated heterocycles. The highest BCUT2D eigenvalue weighted by Gasteiger charge is 2.07. The molecule has 2 rings (SSSR count). The van der Waals surface area contributed by atoms with Gasteiger partial charge in [0.05, 0.1) is 11.9 Å². The predicted molar refractivity (Wildman–Crippen MR) is 68.0 cm³/mol. The van der Waals surface area contributed by atoms with Crippen molar-refractivity contribution in [1.29, 1.82) is 0 Å². The van der Waals surface area contributed by atoms with Crippen LogP contribution in [0.2, 0.25) is 0 Å². The van der Waals surface area contributed by atoms with Crippen LogP contribution >= 0.6 is 0 Å². The number of aromatic carboxylic acids is 1. The molecule has 19 heavy (non-hydrogen) atoms. The summed E-state index contributed by atoms with van der Waals surface area (Å²) in [6.45, 7) is 0.488. The Morgan fingerprint density at radius 2 is 1.89 bits per heavy atom. The minimum absolute atomic E-state index is 0.161. The number of hydrogen-bond donors (Lipinski definition) is 3. The molecule has 2 aromatic rings. The number of nitrogens with one attached hydrogen (secondary N) is 2. The largest absolute Gasteiger partial charge is 0.478 e. The Morgan fingerprint density at radius 1 is 1.21 bits per heavy atom. The summed E-state index contributed by atoms with van der Waals surface area (Å²) in [5, 5.41) is 11.5. The van der Waals surface area contributed by atoms with Crippen LogP contribution < -0.4 is 5.32 Å². The topological polar surface area (TPSA) is 95.1 Å². The van der Waals surface area contributed by atoms with Crippen molar-refractivity contribution >= 4 is 11.9 Å². The van der Waals surface area contributed by atoms with E-state index >= 15 is 0 Å². The maximum Gasteiger partial charge on any atom is 0.335 e. The molecule has 1 amide bonds. The average Bonchev–Trinajstić information content (AvgIpc) is 2.92. The first-order valence-electron chi connectivity index (χ1n) is 5.75. The van der Waals surface area contributed by atoms with Crippen molar-refractivity contribution in [3.63, 3.8) is 0 Å². The number of aromatic nitrogens is 2. The third-order valence-electron chi connectivity index (χ3n) is 2.63. The maximum absolute atomic E-state index is 11.8. The lowest BCUT2D eigenvalue weighted by Crippen LogP contribution is -2.25. The van der Waals surface area contributed by atoms with Crippen LogP contribution in [0.1, 0.15) is 26.4 Å². The number of nitrogens with zero attached hydrogens (tertiary/aromatic N) is 1. The minimum Gasteiger partial charge on any atom is -0.478 e. The second-order valence-electron chi connectivity index (χ2n) is 3.97. The minimum atomic E-state index is -1.01. The molecule has 6 heteroatoms. The van der Waals surface area contributed by atoms with Crippen LogP contribution in [0.25, 0.3) is 0 Å². The number of carbonyl (C=O) groups is 2. The summed E-state index contributed by atoms with van der Waals surface area (Å²) in [6, 6.07) is 5.81. The van der Waals surface area contributed by atoms with Crippen molar-refractivity contribution in [3.05, 3.63) is 53.6 Å². The predicted octanol–water partition coefficient (Wildman–Crippen LogP) is 1.08. The molecular weight excluding hydrogens is 246 g/mol. The Hall–Kier alpha value is -2.63. The van der Waals surface area contributed by atoms with Gasteiger partial charge in [0.2, 0.25) is 0 Å². The molecule has 0 radical (unpaired) electrons. The number of amides is 1. The quantitative estimate of drug-likeness (QED) is 0.748. The molecule has 1 aromatic carbocycles. The Balaban J connectivity index is 1.87. The first kappa shape index (κ1) is 12.8. The van der Waals surface area contributed by atoms with Gasteiger partial charge in [0, 0.05) is 30.4 Å². The molecule has 0 bridgehead atoms. The van der Waals surface area contributed by atoms with E-state index in [9.17, 15) is 9.59 Å². The van der Waals surface area contributed by atoms with Crippen LogP contribution in [-0.4, -0.2) is 33.5 Å². The molecule has 0 fully saturated rings. The average molecular weight is 259 g/mol. The summed E-state index contributed by atoms with van der Waals surface area (Å²) in [7, 11) is 0. The van der Waals surface area contributed by atoms with Gasteiger partial charge >= 0.3 is 5.97 Å². The second-order valence-corrected chi connectivity index (χ2v) is 3.97. The van der Waals surface area contributed by atoms with E-state index in [0.29, 0.717) is 18.5 Å². The fourth-order valence-corrected chi connectivity index (χ4v) is 1.60. The van der Waals surface area contributed by atoms with Crippen LogP contribution in [0.4, 0.5) is 0 Å². The molecule has 3 N–H and O–H groups in total. The van der Waals surface area contributed by atoms with E-state index in [1.165, 1.54) is 24.3 Å². The van der Waals surface area contributed by atoms with Crippen molar-refractivity contribution in [1.82, 2.24) is 15.3 Å². The van der Waals surface area contributed by atoms with Crippen molar-refractivity contribution in [3.8, 4) is 0 Å². The number of carboxylic acid groups (broad SMARTS) is 1. The molecule has 0 saturated carbocycles. The van der Waals surface area contributed by atoms with E-state index in [0.717, 1.165) is 5.69 Å². The number of rotatable bonds is 5. The van der Waals surface area contributed by atoms with E-state index < -0.39 is 5.97 Å². The maximum atomic E-state index is 11.8. The zero-order valence-electron chi connectivity index (χ0n) is 10.1. The molecule has 98 valence electrons. The van der Waals surface area contributed by atoms with Gasteiger partial charge in [-0.3, -0.25) is 4.79 Å². The summed E-state index contributed by atoms with van der Waals surface area (Å²) >= 11 is 0. The number of aromatic amines is 1. The smallest absolute Gasteiger partial charge is 0.335 e. The molecule has 0 aliphatic heterocycles. The first-order valence-corrected chi connectivity index (χ1v) is 5.75.